The van der Waals surface area contributed by atoms with Gasteiger partial charge in [-0.05, 0) is 18.2 Å². The van der Waals surface area contributed by atoms with Gasteiger partial charge in [-0.3, -0.25) is 4.79 Å². The van der Waals surface area contributed by atoms with E-state index in [1.807, 2.05) is 31.1 Å². The molecule has 0 aliphatic rings. The monoisotopic (exact) mass is 193 g/mol. The number of primary amides is 1. The average molecular weight is 193 g/mol. The van der Waals surface area contributed by atoms with E-state index in [2.05, 4.69) is 5.32 Å². The minimum Gasteiger partial charge on any atom is -0.388 e. The van der Waals surface area contributed by atoms with Crippen LogP contribution in [-0.2, 0) is 0 Å². The standard InChI is InChI=1S/C10H15N3O/c1-12-7-4-5-9(13(2)3)8(6-7)10(11)14/h4-6,12H,1-3H3,(H2,11,14). The summed E-state index contributed by atoms with van der Waals surface area (Å²) in [5.74, 6) is -0.411. The summed E-state index contributed by atoms with van der Waals surface area (Å²) in [6.07, 6.45) is 0. The van der Waals surface area contributed by atoms with Gasteiger partial charge in [0.05, 0.1) is 5.56 Å². The number of carbonyl (C=O) groups is 1. The van der Waals surface area contributed by atoms with Crippen molar-refractivity contribution >= 4 is 17.3 Å². The highest BCUT2D eigenvalue weighted by Gasteiger charge is 2.09. The molecule has 0 bridgehead atoms. The SMILES string of the molecule is CNc1ccc(N(C)C)c(C(N)=O)c1. The molecule has 0 heterocycles. The van der Waals surface area contributed by atoms with Crippen molar-refractivity contribution in [2.24, 2.45) is 5.73 Å². The molecule has 1 amide bonds. The smallest absolute Gasteiger partial charge is 0.250 e. The van der Waals surface area contributed by atoms with Gasteiger partial charge in [0, 0.05) is 32.5 Å². The van der Waals surface area contributed by atoms with Crippen molar-refractivity contribution in [2.45, 2.75) is 0 Å². The first kappa shape index (κ1) is 10.4. The fourth-order valence-corrected chi connectivity index (χ4v) is 1.28. The summed E-state index contributed by atoms with van der Waals surface area (Å²) in [7, 11) is 5.55. The lowest BCUT2D eigenvalue weighted by molar-refractivity contribution is 0.100. The van der Waals surface area contributed by atoms with Gasteiger partial charge in [-0.2, -0.15) is 0 Å². The first-order valence-electron chi connectivity index (χ1n) is 4.35. The van der Waals surface area contributed by atoms with Crippen molar-refractivity contribution in [2.75, 3.05) is 31.4 Å². The quantitative estimate of drug-likeness (QED) is 0.749. The Morgan fingerprint density at radius 3 is 2.50 bits per heavy atom. The van der Waals surface area contributed by atoms with Gasteiger partial charge in [0.2, 0.25) is 0 Å². The Hall–Kier alpha value is -1.71. The molecule has 4 heteroatoms. The van der Waals surface area contributed by atoms with Crippen LogP contribution in [0.1, 0.15) is 10.4 Å². The molecule has 0 unspecified atom stereocenters. The second-order valence-corrected chi connectivity index (χ2v) is 3.24. The lowest BCUT2D eigenvalue weighted by Gasteiger charge is -2.16. The summed E-state index contributed by atoms with van der Waals surface area (Å²) in [6.45, 7) is 0. The van der Waals surface area contributed by atoms with E-state index < -0.39 is 5.91 Å². The molecule has 76 valence electrons. The van der Waals surface area contributed by atoms with Crippen LogP contribution in [0.3, 0.4) is 0 Å². The molecule has 1 aromatic rings. The fourth-order valence-electron chi connectivity index (χ4n) is 1.28. The molecule has 0 spiro atoms. The van der Waals surface area contributed by atoms with Crippen LogP contribution in [0.5, 0.6) is 0 Å². The first-order valence-corrected chi connectivity index (χ1v) is 4.35. The summed E-state index contributed by atoms with van der Waals surface area (Å²) in [6, 6.07) is 5.52. The third-order valence-electron chi connectivity index (χ3n) is 2.03. The molecular formula is C10H15N3O. The van der Waals surface area contributed by atoms with Crippen LogP contribution in [0.25, 0.3) is 0 Å². The third-order valence-corrected chi connectivity index (χ3v) is 2.03. The molecule has 0 saturated heterocycles. The summed E-state index contributed by atoms with van der Waals surface area (Å²) < 4.78 is 0. The van der Waals surface area contributed by atoms with Crippen molar-refractivity contribution in [3.8, 4) is 0 Å². The Morgan fingerprint density at radius 1 is 1.43 bits per heavy atom. The molecule has 0 aromatic heterocycles. The summed E-state index contributed by atoms with van der Waals surface area (Å²) >= 11 is 0. The maximum absolute atomic E-state index is 11.2. The molecule has 0 aliphatic heterocycles. The molecule has 3 N–H and O–H groups in total. The predicted octanol–water partition coefficient (Wildman–Crippen LogP) is 0.893. The van der Waals surface area contributed by atoms with Crippen molar-refractivity contribution < 1.29 is 4.79 Å². The zero-order valence-corrected chi connectivity index (χ0v) is 8.66. The minimum absolute atomic E-state index is 0.411. The Morgan fingerprint density at radius 2 is 2.07 bits per heavy atom. The van der Waals surface area contributed by atoms with E-state index >= 15 is 0 Å². The number of anilines is 2. The fraction of sp³-hybridized carbons (Fsp3) is 0.300. The minimum atomic E-state index is -0.411. The molecule has 0 saturated carbocycles. The van der Waals surface area contributed by atoms with Gasteiger partial charge in [-0.1, -0.05) is 0 Å². The number of nitrogens with two attached hydrogens (primary N) is 1. The van der Waals surface area contributed by atoms with Gasteiger partial charge in [0.25, 0.3) is 5.91 Å². The number of hydrogen-bond acceptors (Lipinski definition) is 3. The predicted molar refractivity (Wildman–Crippen MR) is 58.8 cm³/mol. The number of benzene rings is 1. The first-order chi connectivity index (χ1) is 6.56. The second-order valence-electron chi connectivity index (χ2n) is 3.24. The van der Waals surface area contributed by atoms with E-state index in [0.29, 0.717) is 5.56 Å². The van der Waals surface area contributed by atoms with Crippen molar-refractivity contribution in [3.63, 3.8) is 0 Å². The Balaban J connectivity index is 3.24. The van der Waals surface area contributed by atoms with Crippen LogP contribution in [-0.4, -0.2) is 27.1 Å². The number of carbonyl (C=O) groups excluding carboxylic acids is 1. The van der Waals surface area contributed by atoms with Crippen molar-refractivity contribution in [1.29, 1.82) is 0 Å². The van der Waals surface area contributed by atoms with E-state index in [0.717, 1.165) is 11.4 Å². The molecule has 1 rings (SSSR count). The average Bonchev–Trinajstić information content (AvgIpc) is 2.16. The van der Waals surface area contributed by atoms with E-state index in [1.165, 1.54) is 0 Å². The van der Waals surface area contributed by atoms with Crippen LogP contribution in [0, 0.1) is 0 Å². The number of nitrogens with one attached hydrogen (secondary N) is 1. The van der Waals surface area contributed by atoms with Crippen LogP contribution in [0.2, 0.25) is 0 Å². The molecule has 0 fully saturated rings. The molecule has 0 atom stereocenters. The summed E-state index contributed by atoms with van der Waals surface area (Å²) in [5.41, 5.74) is 7.52. The lowest BCUT2D eigenvalue weighted by Crippen LogP contribution is -2.18. The number of rotatable bonds is 3. The van der Waals surface area contributed by atoms with E-state index in [1.54, 1.807) is 13.1 Å². The van der Waals surface area contributed by atoms with Crippen molar-refractivity contribution in [1.82, 2.24) is 0 Å². The lowest BCUT2D eigenvalue weighted by atomic mass is 10.1. The van der Waals surface area contributed by atoms with Gasteiger partial charge in [0.15, 0.2) is 0 Å². The van der Waals surface area contributed by atoms with Crippen LogP contribution < -0.4 is 16.0 Å². The van der Waals surface area contributed by atoms with Crippen LogP contribution >= 0.6 is 0 Å². The van der Waals surface area contributed by atoms with Gasteiger partial charge in [-0.15, -0.1) is 0 Å². The topological polar surface area (TPSA) is 58.4 Å². The van der Waals surface area contributed by atoms with E-state index in [4.69, 9.17) is 5.73 Å². The highest BCUT2D eigenvalue weighted by Crippen LogP contribution is 2.21. The van der Waals surface area contributed by atoms with Gasteiger partial charge in [-0.25, -0.2) is 0 Å². The van der Waals surface area contributed by atoms with E-state index in [-0.39, 0.29) is 0 Å². The normalized spacial score (nSPS) is 9.64. The largest absolute Gasteiger partial charge is 0.388 e. The molecular weight excluding hydrogens is 178 g/mol. The second kappa shape index (κ2) is 4.00. The number of nitrogens with zero attached hydrogens (tertiary/aromatic N) is 1. The van der Waals surface area contributed by atoms with Gasteiger partial charge < -0.3 is 16.0 Å². The maximum atomic E-state index is 11.2. The van der Waals surface area contributed by atoms with Gasteiger partial charge in [0.1, 0.15) is 0 Å². The van der Waals surface area contributed by atoms with Crippen LogP contribution in [0.15, 0.2) is 18.2 Å². The highest BCUT2D eigenvalue weighted by atomic mass is 16.1. The zero-order valence-electron chi connectivity index (χ0n) is 8.66. The summed E-state index contributed by atoms with van der Waals surface area (Å²) in [4.78, 5) is 13.0. The number of hydrogen-bond donors (Lipinski definition) is 2. The van der Waals surface area contributed by atoms with E-state index in [9.17, 15) is 4.79 Å². The highest BCUT2D eigenvalue weighted by molar-refractivity contribution is 5.99. The Bertz CT molecular complexity index is 347. The molecule has 4 nitrogen and oxygen atoms in total. The molecule has 0 aliphatic carbocycles. The third kappa shape index (κ3) is 1.96. The van der Waals surface area contributed by atoms with Crippen molar-refractivity contribution in [3.05, 3.63) is 23.8 Å². The molecule has 1 aromatic carbocycles. The maximum Gasteiger partial charge on any atom is 0.250 e. The Kier molecular flexibility index (Phi) is 2.96. The number of amides is 1. The zero-order chi connectivity index (χ0) is 10.7. The Labute approximate surface area is 83.7 Å². The molecule has 14 heavy (non-hydrogen) atoms. The summed E-state index contributed by atoms with van der Waals surface area (Å²) in [5, 5.41) is 2.96. The van der Waals surface area contributed by atoms with Crippen LogP contribution in [0.4, 0.5) is 11.4 Å². The molecule has 0 radical (unpaired) electrons. The van der Waals surface area contributed by atoms with Gasteiger partial charge >= 0.3 is 0 Å².